The van der Waals surface area contributed by atoms with E-state index in [9.17, 15) is 4.79 Å². The Morgan fingerprint density at radius 1 is 1.55 bits per heavy atom. The van der Waals surface area contributed by atoms with Crippen LogP contribution in [0.1, 0.15) is 20.8 Å². The van der Waals surface area contributed by atoms with Gasteiger partial charge in [-0.2, -0.15) is 0 Å². The van der Waals surface area contributed by atoms with Gasteiger partial charge in [-0.25, -0.2) is 0 Å². The molecule has 11 heavy (non-hydrogen) atoms. The number of halogens is 1. The molecule has 0 aromatic carbocycles. The summed E-state index contributed by atoms with van der Waals surface area (Å²) in [5, 5.41) is 0. The Kier molecular flexibility index (Phi) is 2.12. The van der Waals surface area contributed by atoms with Crippen molar-refractivity contribution in [2.24, 2.45) is 0 Å². The molecule has 0 bridgehead atoms. The van der Waals surface area contributed by atoms with E-state index in [2.05, 4.69) is 0 Å². The van der Waals surface area contributed by atoms with Gasteiger partial charge in [-0.3, -0.25) is 8.75 Å². The van der Waals surface area contributed by atoms with Crippen molar-refractivity contribution in [2.45, 2.75) is 26.3 Å². The third-order valence-electron chi connectivity index (χ3n) is 1.22. The van der Waals surface area contributed by atoms with Gasteiger partial charge in [-0.1, -0.05) is 11.6 Å². The molecule has 1 aromatic heterocycles. The second-order valence-electron chi connectivity index (χ2n) is 3.34. The monoisotopic (exact) mass is 191 g/mol. The summed E-state index contributed by atoms with van der Waals surface area (Å²) >= 11 is 6.96. The van der Waals surface area contributed by atoms with Crippen LogP contribution < -0.4 is 5.56 Å². The maximum Gasteiger partial charge on any atom is 0.262 e. The van der Waals surface area contributed by atoms with Crippen molar-refractivity contribution < 1.29 is 0 Å². The smallest absolute Gasteiger partial charge is 0.262 e. The van der Waals surface area contributed by atoms with Crippen LogP contribution in [0.5, 0.6) is 0 Å². The predicted molar refractivity (Wildman–Crippen MR) is 48.6 cm³/mol. The molecule has 4 heteroatoms. The average Bonchev–Trinajstić information content (AvgIpc) is 2.08. The Bertz CT molecular complexity index is 307. The summed E-state index contributed by atoms with van der Waals surface area (Å²) in [6, 6.07) is 1.44. The Hall–Kier alpha value is -0.280. The molecular formula is C7H10ClNOS. The first-order valence-electron chi connectivity index (χ1n) is 3.30. The third-order valence-corrected chi connectivity index (χ3v) is 2.74. The second kappa shape index (κ2) is 2.64. The Labute approximate surface area is 74.6 Å². The largest absolute Gasteiger partial charge is 0.268 e. The fourth-order valence-electron chi connectivity index (χ4n) is 0.782. The topological polar surface area (TPSA) is 22.0 Å². The number of hydrogen-bond acceptors (Lipinski definition) is 2. The molecule has 0 aliphatic rings. The first-order valence-corrected chi connectivity index (χ1v) is 4.46. The molecule has 1 heterocycles. The van der Waals surface area contributed by atoms with Crippen LogP contribution in [0, 0.1) is 0 Å². The van der Waals surface area contributed by atoms with Gasteiger partial charge in [0.2, 0.25) is 0 Å². The van der Waals surface area contributed by atoms with Gasteiger partial charge in [0.15, 0.2) is 0 Å². The molecule has 0 aliphatic heterocycles. The summed E-state index contributed by atoms with van der Waals surface area (Å²) in [7, 11) is 0. The summed E-state index contributed by atoms with van der Waals surface area (Å²) in [5.74, 6) is 0. The highest BCUT2D eigenvalue weighted by Gasteiger charge is 2.16. The third kappa shape index (κ3) is 1.84. The van der Waals surface area contributed by atoms with Crippen molar-refractivity contribution >= 4 is 23.1 Å². The van der Waals surface area contributed by atoms with Gasteiger partial charge >= 0.3 is 0 Å². The summed E-state index contributed by atoms with van der Waals surface area (Å²) in [4.78, 5) is 11.2. The molecule has 0 aliphatic carbocycles. The Balaban J connectivity index is 3.25. The van der Waals surface area contributed by atoms with Crippen molar-refractivity contribution in [3.63, 3.8) is 0 Å². The van der Waals surface area contributed by atoms with Crippen molar-refractivity contribution in [3.8, 4) is 0 Å². The van der Waals surface area contributed by atoms with E-state index < -0.39 is 0 Å². The van der Waals surface area contributed by atoms with Gasteiger partial charge in [0.05, 0.1) is 5.54 Å². The van der Waals surface area contributed by atoms with E-state index in [4.69, 9.17) is 11.6 Å². The molecule has 0 saturated heterocycles. The molecule has 0 atom stereocenters. The minimum absolute atomic E-state index is 0.0208. The minimum atomic E-state index is -0.158. The lowest BCUT2D eigenvalue weighted by atomic mass is 10.1. The van der Waals surface area contributed by atoms with Gasteiger partial charge in [-0.15, -0.1) is 0 Å². The number of aromatic nitrogens is 1. The maximum absolute atomic E-state index is 11.2. The van der Waals surface area contributed by atoms with E-state index in [1.165, 1.54) is 17.6 Å². The van der Waals surface area contributed by atoms with Crippen molar-refractivity contribution in [3.05, 3.63) is 20.8 Å². The predicted octanol–water partition coefficient (Wildman–Crippen LogP) is 2.32. The molecule has 0 radical (unpaired) electrons. The van der Waals surface area contributed by atoms with Crippen molar-refractivity contribution in [2.75, 3.05) is 0 Å². The van der Waals surface area contributed by atoms with Crippen LogP contribution in [0.2, 0.25) is 4.34 Å². The minimum Gasteiger partial charge on any atom is -0.268 e. The first-order chi connectivity index (χ1) is 4.91. The van der Waals surface area contributed by atoms with Gasteiger partial charge in [-0.05, 0) is 32.3 Å². The Morgan fingerprint density at radius 3 is 2.27 bits per heavy atom. The highest BCUT2D eigenvalue weighted by molar-refractivity contribution is 7.11. The van der Waals surface area contributed by atoms with Crippen LogP contribution >= 0.6 is 23.1 Å². The molecule has 0 saturated carbocycles. The summed E-state index contributed by atoms with van der Waals surface area (Å²) in [6.07, 6.45) is 0. The fraction of sp³-hybridized carbons (Fsp3) is 0.571. The van der Waals surface area contributed by atoms with E-state index in [1.54, 1.807) is 3.96 Å². The summed E-state index contributed by atoms with van der Waals surface area (Å²) in [5.41, 5.74) is -0.179. The quantitative estimate of drug-likeness (QED) is 0.617. The van der Waals surface area contributed by atoms with Crippen LogP contribution in [-0.4, -0.2) is 3.96 Å². The fourth-order valence-corrected chi connectivity index (χ4v) is 1.83. The number of nitrogens with zero attached hydrogens (tertiary/aromatic N) is 1. The van der Waals surface area contributed by atoms with Crippen LogP contribution in [0.4, 0.5) is 0 Å². The van der Waals surface area contributed by atoms with Gasteiger partial charge in [0.1, 0.15) is 4.34 Å². The Morgan fingerprint density at radius 2 is 2.09 bits per heavy atom. The average molecular weight is 192 g/mol. The number of rotatable bonds is 0. The molecule has 1 aromatic rings. The van der Waals surface area contributed by atoms with Gasteiger partial charge in [0, 0.05) is 6.07 Å². The lowest BCUT2D eigenvalue weighted by Crippen LogP contribution is -2.28. The highest BCUT2D eigenvalue weighted by atomic mass is 35.5. The zero-order chi connectivity index (χ0) is 8.65. The standard InChI is InChI=1S/C7H10ClNOS/c1-7(2,3)9-6(10)4-5(8)11-9/h4H,1-3H3. The molecule has 0 fully saturated rings. The molecule has 62 valence electrons. The van der Waals surface area contributed by atoms with Crippen LogP contribution in [0.15, 0.2) is 10.9 Å². The van der Waals surface area contributed by atoms with E-state index in [0.29, 0.717) is 4.34 Å². The first kappa shape index (κ1) is 8.81. The molecule has 0 amide bonds. The lowest BCUT2D eigenvalue weighted by Gasteiger charge is -2.17. The van der Waals surface area contributed by atoms with Crippen molar-refractivity contribution in [1.82, 2.24) is 3.96 Å². The van der Waals surface area contributed by atoms with Gasteiger partial charge in [0.25, 0.3) is 5.56 Å². The lowest BCUT2D eigenvalue weighted by molar-refractivity contribution is 0.419. The van der Waals surface area contributed by atoms with Crippen LogP contribution in [0.25, 0.3) is 0 Å². The number of hydrogen-bond donors (Lipinski definition) is 0. The molecule has 2 nitrogen and oxygen atoms in total. The van der Waals surface area contributed by atoms with E-state index in [1.807, 2.05) is 20.8 Å². The molecular weight excluding hydrogens is 182 g/mol. The van der Waals surface area contributed by atoms with Gasteiger partial charge < -0.3 is 0 Å². The van der Waals surface area contributed by atoms with Crippen LogP contribution in [0.3, 0.4) is 0 Å². The van der Waals surface area contributed by atoms with E-state index in [-0.39, 0.29) is 11.1 Å². The molecule has 0 spiro atoms. The van der Waals surface area contributed by atoms with E-state index in [0.717, 1.165) is 0 Å². The summed E-state index contributed by atoms with van der Waals surface area (Å²) < 4.78 is 2.21. The van der Waals surface area contributed by atoms with Crippen molar-refractivity contribution in [1.29, 1.82) is 0 Å². The maximum atomic E-state index is 11.2. The zero-order valence-electron chi connectivity index (χ0n) is 6.72. The normalized spacial score (nSPS) is 12.0. The molecule has 0 N–H and O–H groups in total. The van der Waals surface area contributed by atoms with E-state index >= 15 is 0 Å². The van der Waals surface area contributed by atoms with Crippen LogP contribution in [-0.2, 0) is 5.54 Å². The highest BCUT2D eigenvalue weighted by Crippen LogP contribution is 2.20. The molecule has 1 rings (SSSR count). The zero-order valence-corrected chi connectivity index (χ0v) is 8.29. The molecule has 0 unspecified atom stereocenters. The summed E-state index contributed by atoms with van der Waals surface area (Å²) in [6.45, 7) is 5.92. The second-order valence-corrected chi connectivity index (χ2v) is 4.96. The SMILES string of the molecule is CC(C)(C)n1sc(Cl)cc1=O.